The Bertz CT molecular complexity index is 1140. The summed E-state index contributed by atoms with van der Waals surface area (Å²) in [6, 6.07) is 5.18. The molecule has 0 radical (unpaired) electrons. The Morgan fingerprint density at radius 1 is 0.750 bits per heavy atom. The van der Waals surface area contributed by atoms with E-state index in [0.717, 1.165) is 73.3 Å². The van der Waals surface area contributed by atoms with Crippen LogP contribution in [0.2, 0.25) is 0 Å². The molecule has 3 saturated carbocycles. The summed E-state index contributed by atoms with van der Waals surface area (Å²) in [7, 11) is 0. The van der Waals surface area contributed by atoms with Gasteiger partial charge in [-0.3, -0.25) is 19.8 Å². The lowest BCUT2D eigenvalue weighted by atomic mass is 9.93. The van der Waals surface area contributed by atoms with Crippen molar-refractivity contribution in [1.82, 2.24) is 24.8 Å². The molecule has 6 unspecified atom stereocenters. The average molecular weight is 542 g/mol. The number of pyridine rings is 1. The molecule has 2 saturated heterocycles. The van der Waals surface area contributed by atoms with Gasteiger partial charge < -0.3 is 9.80 Å². The highest BCUT2D eigenvalue weighted by Gasteiger charge is 2.42. The van der Waals surface area contributed by atoms with Crippen LogP contribution in [0.5, 0.6) is 0 Å². The molecule has 0 aromatic carbocycles. The van der Waals surface area contributed by atoms with Crippen molar-refractivity contribution in [3.8, 4) is 0 Å². The maximum Gasteiger partial charge on any atom is 0.150 e. The fraction of sp³-hybridized carbons (Fsp3) is 0.667. The number of nitrogens with zero attached hydrogens (tertiary/aromatic N) is 7. The molecule has 0 spiro atoms. The lowest BCUT2D eigenvalue weighted by Crippen LogP contribution is -2.51. The van der Waals surface area contributed by atoms with E-state index >= 15 is 0 Å². The predicted octanol–water partition coefficient (Wildman–Crippen LogP) is 4.51. The lowest BCUT2D eigenvalue weighted by molar-refractivity contribution is 0.135. The van der Waals surface area contributed by atoms with Crippen LogP contribution < -0.4 is 9.80 Å². The normalized spacial score (nSPS) is 33.4. The second kappa shape index (κ2) is 11.8. The fourth-order valence-corrected chi connectivity index (χ4v) is 8.81. The van der Waals surface area contributed by atoms with E-state index in [0.29, 0.717) is 0 Å². The third-order valence-corrected chi connectivity index (χ3v) is 10.9. The van der Waals surface area contributed by atoms with Gasteiger partial charge in [-0.05, 0) is 80.8 Å². The van der Waals surface area contributed by atoms with Crippen molar-refractivity contribution in [2.24, 2.45) is 29.6 Å². The molecule has 2 aliphatic heterocycles. The van der Waals surface area contributed by atoms with Crippen LogP contribution in [0.25, 0.3) is 0 Å². The first-order valence-corrected chi connectivity index (χ1v) is 16.0. The Morgan fingerprint density at radius 2 is 1.52 bits per heavy atom. The Kier molecular flexibility index (Phi) is 7.77. The Morgan fingerprint density at radius 3 is 2.17 bits per heavy atom. The van der Waals surface area contributed by atoms with Gasteiger partial charge in [-0.25, -0.2) is 4.98 Å². The minimum absolute atomic E-state index is 0.871. The highest BCUT2D eigenvalue weighted by molar-refractivity contribution is 5.45. The van der Waals surface area contributed by atoms with Crippen LogP contribution in [0, 0.1) is 36.5 Å². The summed E-state index contributed by atoms with van der Waals surface area (Å²) in [4.78, 5) is 23.3. The fourth-order valence-electron chi connectivity index (χ4n) is 8.81. The van der Waals surface area contributed by atoms with Gasteiger partial charge in [0.1, 0.15) is 5.82 Å². The molecule has 7 nitrogen and oxygen atoms in total. The smallest absolute Gasteiger partial charge is 0.150 e. The van der Waals surface area contributed by atoms with Crippen LogP contribution in [-0.4, -0.2) is 89.7 Å². The summed E-state index contributed by atoms with van der Waals surface area (Å²) >= 11 is 0. The van der Waals surface area contributed by atoms with Gasteiger partial charge in [0.05, 0.1) is 5.69 Å². The molecule has 0 N–H and O–H groups in total. The van der Waals surface area contributed by atoms with Gasteiger partial charge in [0.15, 0.2) is 0 Å². The molecule has 2 aromatic rings. The second-order valence-corrected chi connectivity index (χ2v) is 13.3. The molecule has 4 bridgehead atoms. The van der Waals surface area contributed by atoms with Crippen molar-refractivity contribution in [2.75, 3.05) is 68.7 Å². The standard InChI is InChI=1S/C17H24N4.C16H23N3/c1-13-17(19-5-4-18-13)21-8-6-20(7-9-21)12-16-11-14-2-3-15(16)10-14;1-2-14-11-13(1)12-16(14)19-9-7-18(8-10-19)15-3-5-17-6-4-15/h2-5,14-16H,6-12H2,1H3;3-6,13-14,16H,1-2,7-12H2. The molecule has 2 aromatic heterocycles. The third-order valence-electron chi connectivity index (χ3n) is 10.9. The maximum atomic E-state index is 4.50. The number of aromatic nitrogens is 3. The first-order valence-electron chi connectivity index (χ1n) is 16.0. The van der Waals surface area contributed by atoms with Gasteiger partial charge in [-0.15, -0.1) is 0 Å². The number of piperazine rings is 2. The number of allylic oxidation sites excluding steroid dienone is 2. The van der Waals surface area contributed by atoms with E-state index in [1.54, 1.807) is 12.4 Å². The van der Waals surface area contributed by atoms with E-state index in [9.17, 15) is 0 Å². The van der Waals surface area contributed by atoms with E-state index in [-0.39, 0.29) is 0 Å². The number of rotatable bonds is 5. The quantitative estimate of drug-likeness (QED) is 0.516. The highest BCUT2D eigenvalue weighted by atomic mass is 15.3. The number of fused-ring (bicyclic) bond motifs is 4. The first-order chi connectivity index (χ1) is 19.7. The van der Waals surface area contributed by atoms with Crippen LogP contribution in [0.1, 0.15) is 44.2 Å². The van der Waals surface area contributed by atoms with Crippen molar-refractivity contribution in [3.05, 3.63) is 54.8 Å². The summed E-state index contributed by atoms with van der Waals surface area (Å²) in [6.45, 7) is 12.7. The topological polar surface area (TPSA) is 51.6 Å². The van der Waals surface area contributed by atoms with Crippen LogP contribution in [0.15, 0.2) is 49.1 Å². The zero-order valence-corrected chi connectivity index (χ0v) is 24.3. The minimum Gasteiger partial charge on any atom is -0.369 e. The summed E-state index contributed by atoms with van der Waals surface area (Å²) in [6.07, 6.45) is 21.2. The van der Waals surface area contributed by atoms with Gasteiger partial charge in [0.2, 0.25) is 0 Å². The van der Waals surface area contributed by atoms with Crippen molar-refractivity contribution in [2.45, 2.75) is 51.5 Å². The molecule has 40 heavy (non-hydrogen) atoms. The van der Waals surface area contributed by atoms with E-state index in [2.05, 4.69) is 65.8 Å². The SMILES string of the molecule is Cc1nccnc1N1CCN(CC2CC3C=CC2C3)CC1.c1cc(N2CCN(C3CC4CCC3C4)CC2)ccn1. The molecule has 0 amide bonds. The van der Waals surface area contributed by atoms with Gasteiger partial charge in [0.25, 0.3) is 0 Å². The molecule has 4 heterocycles. The zero-order valence-electron chi connectivity index (χ0n) is 24.3. The van der Waals surface area contributed by atoms with E-state index < -0.39 is 0 Å². The molecule has 4 aliphatic carbocycles. The Labute approximate surface area is 240 Å². The summed E-state index contributed by atoms with van der Waals surface area (Å²) in [5.41, 5.74) is 2.38. The largest absolute Gasteiger partial charge is 0.369 e. The molecular weight excluding hydrogens is 494 g/mol. The maximum absolute atomic E-state index is 4.50. The number of anilines is 2. The first kappa shape index (κ1) is 26.4. The lowest BCUT2D eigenvalue weighted by Gasteiger charge is -2.41. The van der Waals surface area contributed by atoms with E-state index in [1.807, 2.05) is 12.4 Å². The van der Waals surface area contributed by atoms with Gasteiger partial charge in [-0.1, -0.05) is 18.6 Å². The summed E-state index contributed by atoms with van der Waals surface area (Å²) < 4.78 is 0. The number of aryl methyl sites for hydroxylation is 1. The van der Waals surface area contributed by atoms with Crippen molar-refractivity contribution >= 4 is 11.5 Å². The van der Waals surface area contributed by atoms with Crippen LogP contribution in [0.3, 0.4) is 0 Å². The van der Waals surface area contributed by atoms with Gasteiger partial charge in [0, 0.05) is 95.4 Å². The molecular formula is C33H47N7. The average Bonchev–Trinajstić information content (AvgIpc) is 3.82. The molecule has 6 aliphatic rings. The number of hydrogen-bond acceptors (Lipinski definition) is 7. The third kappa shape index (κ3) is 5.64. The number of hydrogen-bond donors (Lipinski definition) is 0. The second-order valence-electron chi connectivity index (χ2n) is 13.3. The van der Waals surface area contributed by atoms with Crippen LogP contribution in [-0.2, 0) is 0 Å². The van der Waals surface area contributed by atoms with E-state index in [1.165, 1.54) is 76.9 Å². The zero-order chi connectivity index (χ0) is 26.9. The van der Waals surface area contributed by atoms with Crippen molar-refractivity contribution < 1.29 is 0 Å². The van der Waals surface area contributed by atoms with E-state index in [4.69, 9.17) is 0 Å². The molecule has 8 rings (SSSR count). The predicted molar refractivity (Wildman–Crippen MR) is 162 cm³/mol. The Hall–Kier alpha value is -2.51. The summed E-state index contributed by atoms with van der Waals surface area (Å²) in [5, 5.41) is 0. The molecule has 7 heteroatoms. The van der Waals surface area contributed by atoms with Crippen LogP contribution >= 0.6 is 0 Å². The molecule has 214 valence electrons. The summed E-state index contributed by atoms with van der Waals surface area (Å²) in [5.74, 6) is 5.83. The monoisotopic (exact) mass is 541 g/mol. The Balaban J connectivity index is 0.000000133. The van der Waals surface area contributed by atoms with Crippen LogP contribution in [0.4, 0.5) is 11.5 Å². The molecule has 6 atom stereocenters. The van der Waals surface area contributed by atoms with Crippen molar-refractivity contribution in [3.63, 3.8) is 0 Å². The van der Waals surface area contributed by atoms with Crippen molar-refractivity contribution in [1.29, 1.82) is 0 Å². The van der Waals surface area contributed by atoms with Gasteiger partial charge in [-0.2, -0.15) is 0 Å². The minimum atomic E-state index is 0.871. The highest BCUT2D eigenvalue weighted by Crippen LogP contribution is 2.47. The molecule has 5 fully saturated rings. The van der Waals surface area contributed by atoms with Gasteiger partial charge >= 0.3 is 0 Å².